The van der Waals surface area contributed by atoms with Crippen LogP contribution in [0.25, 0.3) is 0 Å². The molecule has 4 aliphatic heterocycles. The molecule has 2 bridgehead atoms. The van der Waals surface area contributed by atoms with Gasteiger partial charge in [0, 0.05) is 44.6 Å². The van der Waals surface area contributed by atoms with Gasteiger partial charge in [0.25, 0.3) is 0 Å². The molecule has 4 fully saturated rings. The van der Waals surface area contributed by atoms with E-state index in [1.807, 2.05) is 53.6 Å². The lowest BCUT2D eigenvalue weighted by Gasteiger charge is -2.52. The van der Waals surface area contributed by atoms with Gasteiger partial charge in [0.05, 0.1) is 67.5 Å². The minimum Gasteiger partial charge on any atom is -0.459 e. The molecule has 0 spiro atoms. The molecule has 0 saturated carbocycles. The van der Waals surface area contributed by atoms with Crippen LogP contribution in [0.1, 0.15) is 94.9 Å². The predicted octanol–water partition coefficient (Wildman–Crippen LogP) is 2.20. The number of carbonyl (C=O) groups is 1. The maximum absolute atomic E-state index is 14.5. The summed E-state index contributed by atoms with van der Waals surface area (Å²) in [6, 6.07) is -0.593. The molecule has 2 unspecified atom stereocenters. The number of methoxy groups -OCH3 is 2. The number of hydrogen-bond acceptors (Lipinski definition) is 16. The number of esters is 1. The molecular weight excluding hydrogens is 756 g/mol. The number of hydrogen-bond donors (Lipinski definition) is 5. The first kappa shape index (κ1) is 49.6. The third-order valence-corrected chi connectivity index (χ3v) is 13.5. The van der Waals surface area contributed by atoms with Gasteiger partial charge in [-0.3, -0.25) is 10.1 Å². The first-order valence-corrected chi connectivity index (χ1v) is 21.4. The van der Waals surface area contributed by atoms with E-state index < -0.39 is 96.1 Å². The highest BCUT2D eigenvalue weighted by atomic mass is 16.7. The number of rotatable bonds is 12. The Labute approximate surface area is 346 Å². The number of cyclic esters (lactones) is 1. The Hall–Kier alpha value is -1.09. The molecule has 58 heavy (non-hydrogen) atoms. The van der Waals surface area contributed by atoms with E-state index in [2.05, 4.69) is 5.32 Å². The highest BCUT2D eigenvalue weighted by molar-refractivity contribution is 5.73. The Kier molecular flexibility index (Phi) is 17.4. The molecule has 4 rings (SSSR count). The van der Waals surface area contributed by atoms with Crippen molar-refractivity contribution in [1.29, 1.82) is 0 Å². The van der Waals surface area contributed by atoms with Gasteiger partial charge in [-0.1, -0.05) is 27.7 Å². The van der Waals surface area contributed by atoms with Crippen molar-refractivity contribution in [2.24, 2.45) is 23.7 Å². The number of nitrogens with one attached hydrogen (secondary N) is 1. The Morgan fingerprint density at radius 3 is 2.19 bits per heavy atom. The maximum Gasteiger partial charge on any atom is 0.311 e. The minimum absolute atomic E-state index is 0.137. The zero-order valence-corrected chi connectivity index (χ0v) is 37.6. The molecule has 16 heteroatoms. The topological polar surface area (TPSA) is 196 Å². The second-order valence-electron chi connectivity index (χ2n) is 18.6. The molecule has 16 nitrogen and oxygen atoms in total. The fourth-order valence-corrected chi connectivity index (χ4v) is 10.0. The van der Waals surface area contributed by atoms with Crippen LogP contribution in [-0.4, -0.2) is 176 Å². The summed E-state index contributed by atoms with van der Waals surface area (Å²) < 4.78 is 55.7. The zero-order chi connectivity index (χ0) is 43.5. The second kappa shape index (κ2) is 20.4. The van der Waals surface area contributed by atoms with Crippen LogP contribution in [0.3, 0.4) is 0 Å². The molecule has 0 aromatic carbocycles. The van der Waals surface area contributed by atoms with Crippen molar-refractivity contribution in [3.05, 3.63) is 0 Å². The number of aliphatic hydroxyl groups excluding tert-OH is 2. The zero-order valence-electron chi connectivity index (χ0n) is 37.6. The predicted molar refractivity (Wildman–Crippen MR) is 214 cm³/mol. The number of likely N-dealkylation sites (N-methyl/N-ethyl adjacent to an activating group) is 1. The summed E-state index contributed by atoms with van der Waals surface area (Å²) in [4.78, 5) is 16.4. The molecule has 0 aromatic rings. The van der Waals surface area contributed by atoms with Gasteiger partial charge in [-0.25, -0.2) is 0 Å². The Bertz CT molecular complexity index is 1290. The van der Waals surface area contributed by atoms with Gasteiger partial charge in [0.2, 0.25) is 0 Å². The van der Waals surface area contributed by atoms with Gasteiger partial charge >= 0.3 is 5.97 Å². The van der Waals surface area contributed by atoms with E-state index in [0.29, 0.717) is 19.6 Å². The van der Waals surface area contributed by atoms with Gasteiger partial charge in [-0.2, -0.15) is 0 Å². The van der Waals surface area contributed by atoms with E-state index in [4.69, 9.17) is 42.6 Å². The van der Waals surface area contributed by atoms with E-state index in [1.54, 1.807) is 41.7 Å². The molecule has 4 aliphatic rings. The lowest BCUT2D eigenvalue weighted by Crippen LogP contribution is -2.67. The van der Waals surface area contributed by atoms with Crippen LogP contribution >= 0.6 is 0 Å². The minimum atomic E-state index is -1.64. The van der Waals surface area contributed by atoms with E-state index in [1.165, 1.54) is 7.11 Å². The van der Waals surface area contributed by atoms with Crippen LogP contribution in [-0.2, 0) is 47.4 Å². The van der Waals surface area contributed by atoms with Crippen LogP contribution < -0.4 is 5.32 Å². The molecule has 0 aliphatic carbocycles. The maximum atomic E-state index is 14.5. The highest BCUT2D eigenvalue weighted by Gasteiger charge is 2.55. The molecule has 0 radical (unpaired) electrons. The van der Waals surface area contributed by atoms with Gasteiger partial charge in [-0.15, -0.1) is 0 Å². The lowest BCUT2D eigenvalue weighted by atomic mass is 9.71. The Morgan fingerprint density at radius 1 is 0.914 bits per heavy atom. The standard InChI is InChI=1S/C42H78N2O14/c1-15-29-42(10,49)37-24(4)32(43-30(56-37)21-52-17-16-50-13)22(2)19-40(8,48)36(58-39-33(45)28(44(11)12)18-23(3)53-39)25(5)34(26(6)38(47)55-29)57-31-20-41(9,51-14)35(46)27(7)54-31/h22-37,39,43,45-46,48-49H,15-21H2,1-14H3/t22-,23-,24+,25+,26-,27+,28+,29?,30-,31+,32+,33-,34?,35+,36-,37-,39+,40-,41-,42-/m1/s1. The van der Waals surface area contributed by atoms with Crippen molar-refractivity contribution in [3.63, 3.8) is 0 Å². The third kappa shape index (κ3) is 11.1. The van der Waals surface area contributed by atoms with Crippen LogP contribution in [0.5, 0.6) is 0 Å². The summed E-state index contributed by atoms with van der Waals surface area (Å²) in [5, 5.41) is 51.5. The van der Waals surface area contributed by atoms with Crippen LogP contribution in [0.15, 0.2) is 0 Å². The fourth-order valence-electron chi connectivity index (χ4n) is 10.0. The molecule has 4 saturated heterocycles. The number of fused-ring (bicyclic) bond motifs is 2. The molecular formula is C42H78N2O14. The van der Waals surface area contributed by atoms with Crippen molar-refractivity contribution in [1.82, 2.24) is 10.2 Å². The highest BCUT2D eigenvalue weighted by Crippen LogP contribution is 2.43. The second-order valence-corrected chi connectivity index (χ2v) is 18.6. The molecule has 340 valence electrons. The Morgan fingerprint density at radius 2 is 1.59 bits per heavy atom. The van der Waals surface area contributed by atoms with Crippen molar-refractivity contribution < 1.29 is 67.9 Å². The summed E-state index contributed by atoms with van der Waals surface area (Å²) in [5.74, 6) is -2.95. The fraction of sp³-hybridized carbons (Fsp3) is 0.976. The van der Waals surface area contributed by atoms with Crippen LogP contribution in [0.4, 0.5) is 0 Å². The molecule has 0 amide bonds. The summed E-state index contributed by atoms with van der Waals surface area (Å²) in [7, 11) is 6.90. The average molecular weight is 835 g/mol. The van der Waals surface area contributed by atoms with E-state index in [9.17, 15) is 25.2 Å². The summed E-state index contributed by atoms with van der Waals surface area (Å²) >= 11 is 0. The van der Waals surface area contributed by atoms with E-state index in [0.717, 1.165) is 0 Å². The number of carbonyl (C=O) groups excluding carboxylic acids is 1. The van der Waals surface area contributed by atoms with Crippen molar-refractivity contribution in [2.45, 2.75) is 191 Å². The van der Waals surface area contributed by atoms with Crippen molar-refractivity contribution in [3.8, 4) is 0 Å². The number of aliphatic hydroxyl groups is 4. The quantitative estimate of drug-likeness (QED) is 0.142. The summed E-state index contributed by atoms with van der Waals surface area (Å²) in [6.07, 6.45) is -8.29. The lowest BCUT2D eigenvalue weighted by molar-refractivity contribution is -0.318. The van der Waals surface area contributed by atoms with E-state index >= 15 is 0 Å². The monoisotopic (exact) mass is 835 g/mol. The normalized spacial score (nSPS) is 48.7. The van der Waals surface area contributed by atoms with Crippen LogP contribution in [0, 0.1) is 23.7 Å². The smallest absolute Gasteiger partial charge is 0.311 e. The van der Waals surface area contributed by atoms with Crippen LogP contribution in [0.2, 0.25) is 0 Å². The first-order chi connectivity index (χ1) is 27.0. The van der Waals surface area contributed by atoms with Gasteiger partial charge in [0.1, 0.15) is 30.1 Å². The van der Waals surface area contributed by atoms with Crippen molar-refractivity contribution >= 4 is 5.97 Å². The number of nitrogens with zero attached hydrogens (tertiary/aromatic N) is 1. The molecule has 0 aromatic heterocycles. The first-order valence-electron chi connectivity index (χ1n) is 21.4. The van der Waals surface area contributed by atoms with Gasteiger partial charge in [-0.05, 0) is 80.8 Å². The summed E-state index contributed by atoms with van der Waals surface area (Å²) in [5.41, 5.74) is -4.27. The molecule has 4 heterocycles. The third-order valence-electron chi connectivity index (χ3n) is 13.5. The number of ether oxygens (including phenoxy) is 9. The van der Waals surface area contributed by atoms with Gasteiger partial charge in [0.15, 0.2) is 12.6 Å². The Balaban J connectivity index is 1.83. The van der Waals surface area contributed by atoms with Gasteiger partial charge < -0.3 is 68.0 Å². The molecule has 5 N–H and O–H groups in total. The van der Waals surface area contributed by atoms with Crippen molar-refractivity contribution in [2.75, 3.05) is 48.1 Å². The summed E-state index contributed by atoms with van der Waals surface area (Å²) in [6.45, 7) is 19.1. The van der Waals surface area contributed by atoms with E-state index in [-0.39, 0.29) is 55.9 Å². The average Bonchev–Trinajstić information content (AvgIpc) is 3.15. The molecule has 20 atom stereocenters. The SMILES string of the molecule is CCC1OC(=O)[C@H](C)C(O[C@H]2C[C@@](C)(OC)[C@@H](O)[C@H](C)O2)[C@H](C)[C@@H](O[C@@H]2O[C@H](C)C[C@H](N(C)C)[C@H]2O)[C@](C)(O)C[C@@H](C)[C@@H]2N[C@@H](COCCOC)O[C@H]([C@H]2C)[C@]1(C)O. The largest absolute Gasteiger partial charge is 0.459 e.